The van der Waals surface area contributed by atoms with Crippen LogP contribution in [0.3, 0.4) is 0 Å². The minimum atomic E-state index is -1.83. The maximum atomic E-state index is 13.4. The van der Waals surface area contributed by atoms with Gasteiger partial charge in [0.25, 0.3) is 5.91 Å². The monoisotopic (exact) mass is 414 g/mol. The van der Waals surface area contributed by atoms with Crippen molar-refractivity contribution in [2.75, 3.05) is 0 Å². The molecule has 0 aliphatic rings. The Hall–Kier alpha value is -3.25. The summed E-state index contributed by atoms with van der Waals surface area (Å²) in [5, 5.41) is 13.6. The first-order chi connectivity index (χ1) is 14.7. The quantitative estimate of drug-likeness (QED) is 0.393. The van der Waals surface area contributed by atoms with Crippen LogP contribution >= 0.6 is 11.3 Å². The van der Waals surface area contributed by atoms with E-state index in [0.717, 1.165) is 10.4 Å². The van der Waals surface area contributed by atoms with Gasteiger partial charge in [0.2, 0.25) is 0 Å². The van der Waals surface area contributed by atoms with Crippen molar-refractivity contribution in [1.29, 1.82) is 0 Å². The van der Waals surface area contributed by atoms with Gasteiger partial charge in [-0.1, -0.05) is 97.1 Å². The Morgan fingerprint density at radius 2 is 1.30 bits per heavy atom. The Labute approximate surface area is 179 Å². The molecule has 0 saturated carbocycles. The molecular weight excluding hydrogens is 392 g/mol. The largest absolute Gasteiger partial charge is 0.372 e. The highest BCUT2D eigenvalue weighted by molar-refractivity contribution is 7.10. The highest BCUT2D eigenvalue weighted by atomic mass is 32.1. The van der Waals surface area contributed by atoms with Gasteiger partial charge in [0.15, 0.2) is 5.60 Å². The van der Waals surface area contributed by atoms with E-state index < -0.39 is 11.5 Å². The zero-order valence-corrected chi connectivity index (χ0v) is 17.0. The fraction of sp³-hybridized carbons (Fsp3) is 0.0800. The third-order valence-electron chi connectivity index (χ3n) is 5.00. The number of hydrogen-bond donors (Lipinski definition) is 3. The molecule has 3 aromatic carbocycles. The summed E-state index contributed by atoms with van der Waals surface area (Å²) in [7, 11) is 0. The predicted octanol–water partition coefficient (Wildman–Crippen LogP) is 4.39. The second kappa shape index (κ2) is 9.05. The van der Waals surface area contributed by atoms with Crippen molar-refractivity contribution in [2.24, 2.45) is 0 Å². The van der Waals surface area contributed by atoms with Crippen molar-refractivity contribution in [2.45, 2.75) is 11.6 Å². The first-order valence-electron chi connectivity index (χ1n) is 9.67. The normalized spacial score (nSPS) is 12.3. The van der Waals surface area contributed by atoms with Crippen LogP contribution in [0.4, 0.5) is 0 Å². The first kappa shape index (κ1) is 20.0. The van der Waals surface area contributed by atoms with Crippen LogP contribution < -0.4 is 10.9 Å². The van der Waals surface area contributed by atoms with Gasteiger partial charge in [-0.3, -0.25) is 10.2 Å². The molecule has 1 atom stereocenters. The van der Waals surface area contributed by atoms with Gasteiger partial charge in [-0.2, -0.15) is 0 Å². The molecule has 0 unspecified atom stereocenters. The zero-order valence-electron chi connectivity index (χ0n) is 16.2. The smallest absolute Gasteiger partial charge is 0.275 e. The summed E-state index contributed by atoms with van der Waals surface area (Å²) in [6.45, 7) is 0. The number of amides is 1. The molecule has 3 N–H and O–H groups in total. The standard InChI is InChI=1S/C25H22N2O2S/c28-24(25(29,20-13-6-2-7-14-20)21-15-8-3-9-16-21)27-26-23(22-17-10-18-30-22)19-11-4-1-5-12-19/h1-18,23,26,29H,(H,27,28)/t23-/m1/s1. The number of carbonyl (C=O) groups excluding carboxylic acids is 1. The number of carbonyl (C=O) groups is 1. The molecule has 0 aliphatic carbocycles. The number of thiophene rings is 1. The van der Waals surface area contributed by atoms with Crippen LogP contribution in [-0.2, 0) is 10.4 Å². The van der Waals surface area contributed by atoms with Crippen LogP contribution in [0, 0.1) is 0 Å². The molecule has 4 aromatic rings. The lowest BCUT2D eigenvalue weighted by molar-refractivity contribution is -0.138. The lowest BCUT2D eigenvalue weighted by Crippen LogP contribution is -2.51. The molecule has 0 bridgehead atoms. The molecule has 0 aliphatic heterocycles. The highest BCUT2D eigenvalue weighted by Gasteiger charge is 2.40. The maximum absolute atomic E-state index is 13.4. The van der Waals surface area contributed by atoms with E-state index in [4.69, 9.17) is 0 Å². The van der Waals surface area contributed by atoms with E-state index in [2.05, 4.69) is 10.9 Å². The number of rotatable bonds is 7. The zero-order chi connectivity index (χ0) is 20.8. The molecule has 0 fully saturated rings. The van der Waals surface area contributed by atoms with Crippen molar-refractivity contribution in [3.05, 3.63) is 130 Å². The van der Waals surface area contributed by atoms with Gasteiger partial charge in [0, 0.05) is 4.88 Å². The summed E-state index contributed by atoms with van der Waals surface area (Å²) in [4.78, 5) is 14.4. The maximum Gasteiger partial charge on any atom is 0.275 e. The average molecular weight is 415 g/mol. The number of nitrogens with one attached hydrogen (secondary N) is 2. The van der Waals surface area contributed by atoms with Crippen LogP contribution in [0.1, 0.15) is 27.6 Å². The lowest BCUT2D eigenvalue weighted by atomic mass is 9.85. The lowest BCUT2D eigenvalue weighted by Gasteiger charge is -2.29. The Balaban J connectivity index is 1.64. The summed E-state index contributed by atoms with van der Waals surface area (Å²) in [6, 6.07) is 31.6. The molecule has 0 saturated heterocycles. The van der Waals surface area contributed by atoms with E-state index in [1.807, 2.05) is 84.2 Å². The minimum absolute atomic E-state index is 0.231. The Morgan fingerprint density at radius 3 is 1.80 bits per heavy atom. The van der Waals surface area contributed by atoms with Gasteiger partial charge in [-0.05, 0) is 28.1 Å². The average Bonchev–Trinajstić information content (AvgIpc) is 3.35. The molecule has 0 radical (unpaired) electrons. The highest BCUT2D eigenvalue weighted by Crippen LogP contribution is 2.30. The summed E-state index contributed by atoms with van der Waals surface area (Å²) < 4.78 is 0. The fourth-order valence-corrected chi connectivity index (χ4v) is 4.24. The SMILES string of the molecule is O=C(NN[C@H](c1ccccc1)c1cccs1)C(O)(c1ccccc1)c1ccccc1. The van der Waals surface area contributed by atoms with Crippen LogP contribution in [0.5, 0.6) is 0 Å². The van der Waals surface area contributed by atoms with Crippen LogP contribution in [-0.4, -0.2) is 11.0 Å². The molecule has 5 heteroatoms. The predicted molar refractivity (Wildman–Crippen MR) is 120 cm³/mol. The van der Waals surface area contributed by atoms with Gasteiger partial charge < -0.3 is 5.11 Å². The molecule has 30 heavy (non-hydrogen) atoms. The molecule has 150 valence electrons. The molecule has 1 aromatic heterocycles. The fourth-order valence-electron chi connectivity index (χ4n) is 3.44. The van der Waals surface area contributed by atoms with Crippen LogP contribution in [0.2, 0.25) is 0 Å². The summed E-state index contributed by atoms with van der Waals surface area (Å²) in [5.74, 6) is -0.544. The van der Waals surface area contributed by atoms with E-state index in [1.54, 1.807) is 35.6 Å². The van der Waals surface area contributed by atoms with Gasteiger partial charge in [0.1, 0.15) is 0 Å². The molecular formula is C25H22N2O2S. The van der Waals surface area contributed by atoms with Crippen molar-refractivity contribution in [3.8, 4) is 0 Å². The third-order valence-corrected chi connectivity index (χ3v) is 5.94. The molecule has 1 heterocycles. The Morgan fingerprint density at radius 1 is 0.767 bits per heavy atom. The molecule has 1 amide bonds. The number of hydrazine groups is 1. The topological polar surface area (TPSA) is 61.4 Å². The van der Waals surface area contributed by atoms with Gasteiger partial charge in [-0.25, -0.2) is 5.43 Å². The third kappa shape index (κ3) is 4.04. The molecule has 4 rings (SSSR count). The molecule has 4 nitrogen and oxygen atoms in total. The van der Waals surface area contributed by atoms with Gasteiger partial charge in [0.05, 0.1) is 6.04 Å². The minimum Gasteiger partial charge on any atom is -0.372 e. The van der Waals surface area contributed by atoms with E-state index in [-0.39, 0.29) is 6.04 Å². The van der Waals surface area contributed by atoms with Crippen molar-refractivity contribution < 1.29 is 9.90 Å². The Bertz CT molecular complexity index is 1030. The summed E-state index contributed by atoms with van der Waals surface area (Å²) in [6.07, 6.45) is 0. The second-order valence-electron chi connectivity index (χ2n) is 6.90. The van der Waals surface area contributed by atoms with Gasteiger partial charge in [-0.15, -0.1) is 11.3 Å². The van der Waals surface area contributed by atoms with Crippen molar-refractivity contribution in [3.63, 3.8) is 0 Å². The van der Waals surface area contributed by atoms with Crippen LogP contribution in [0.25, 0.3) is 0 Å². The number of aliphatic hydroxyl groups is 1. The van der Waals surface area contributed by atoms with Crippen molar-refractivity contribution >= 4 is 17.2 Å². The van der Waals surface area contributed by atoms with E-state index in [9.17, 15) is 9.90 Å². The van der Waals surface area contributed by atoms with E-state index >= 15 is 0 Å². The first-order valence-corrected chi connectivity index (χ1v) is 10.6. The second-order valence-corrected chi connectivity index (χ2v) is 7.88. The van der Waals surface area contributed by atoms with Crippen molar-refractivity contribution in [1.82, 2.24) is 10.9 Å². The number of benzene rings is 3. The molecule has 0 spiro atoms. The van der Waals surface area contributed by atoms with Gasteiger partial charge >= 0.3 is 0 Å². The summed E-state index contributed by atoms with van der Waals surface area (Å²) >= 11 is 1.60. The van der Waals surface area contributed by atoms with E-state index in [1.165, 1.54) is 0 Å². The van der Waals surface area contributed by atoms with E-state index in [0.29, 0.717) is 11.1 Å². The number of hydrogen-bond acceptors (Lipinski definition) is 4. The summed E-state index contributed by atoms with van der Waals surface area (Å²) in [5.41, 5.74) is 6.10. The Kier molecular flexibility index (Phi) is 6.05. The van der Waals surface area contributed by atoms with Crippen LogP contribution in [0.15, 0.2) is 109 Å².